The maximum absolute atomic E-state index is 12.7. The molecule has 2 N–H and O–H groups in total. The van der Waals surface area contributed by atoms with Gasteiger partial charge in [-0.1, -0.05) is 27.5 Å². The quantitative estimate of drug-likeness (QED) is 0.508. The van der Waals surface area contributed by atoms with Gasteiger partial charge in [0.15, 0.2) is 5.78 Å². The van der Waals surface area contributed by atoms with Crippen LogP contribution in [0, 0.1) is 5.82 Å². The summed E-state index contributed by atoms with van der Waals surface area (Å²) in [5.74, 6) is -0.809. The number of nitrogens with two attached hydrogens (primary N) is 1. The van der Waals surface area contributed by atoms with Gasteiger partial charge in [-0.2, -0.15) is 0 Å². The predicted molar refractivity (Wildman–Crippen MR) is 53.9 cm³/mol. The van der Waals surface area contributed by atoms with Gasteiger partial charge in [0.05, 0.1) is 15.9 Å². The van der Waals surface area contributed by atoms with Gasteiger partial charge < -0.3 is 5.73 Å². The van der Waals surface area contributed by atoms with Crippen LogP contribution < -0.4 is 5.73 Å². The average molecular weight is 266 g/mol. The van der Waals surface area contributed by atoms with Crippen molar-refractivity contribution in [1.29, 1.82) is 0 Å². The van der Waals surface area contributed by atoms with Gasteiger partial charge in [0.1, 0.15) is 5.82 Å². The molecule has 0 bridgehead atoms. The van der Waals surface area contributed by atoms with Crippen LogP contribution in [0.1, 0.15) is 10.4 Å². The molecule has 0 fully saturated rings. The van der Waals surface area contributed by atoms with Crippen molar-refractivity contribution in [2.24, 2.45) is 0 Å². The second kappa shape index (κ2) is 4.07. The van der Waals surface area contributed by atoms with Gasteiger partial charge in [-0.25, -0.2) is 4.39 Å². The largest absolute Gasteiger partial charge is 0.398 e. The molecule has 0 saturated heterocycles. The second-order valence-corrected chi connectivity index (χ2v) is 3.38. The van der Waals surface area contributed by atoms with Crippen molar-refractivity contribution in [3.05, 3.63) is 28.5 Å². The molecule has 5 heteroatoms. The van der Waals surface area contributed by atoms with Crippen molar-refractivity contribution in [2.45, 2.75) is 0 Å². The zero-order chi connectivity index (χ0) is 10.0. The zero-order valence-electron chi connectivity index (χ0n) is 6.48. The van der Waals surface area contributed by atoms with Crippen LogP contribution in [0.3, 0.4) is 0 Å². The zero-order valence-corrected chi connectivity index (χ0v) is 8.82. The number of carbonyl (C=O) groups excluding carboxylic acids is 1. The maximum atomic E-state index is 12.7. The molecule has 0 amide bonds. The van der Waals surface area contributed by atoms with Crippen LogP contribution in [0.15, 0.2) is 12.1 Å². The maximum Gasteiger partial charge on any atom is 0.176 e. The summed E-state index contributed by atoms with van der Waals surface area (Å²) in [5, 5.41) is 0.157. The number of anilines is 1. The number of ketones is 1. The molecule has 0 unspecified atom stereocenters. The fourth-order valence-corrected chi connectivity index (χ4v) is 1.55. The molecular weight excluding hydrogens is 260 g/mol. The van der Waals surface area contributed by atoms with E-state index in [0.29, 0.717) is 0 Å². The smallest absolute Gasteiger partial charge is 0.176 e. The highest BCUT2D eigenvalue weighted by Gasteiger charge is 2.14. The highest BCUT2D eigenvalue weighted by atomic mass is 79.9. The molecule has 1 aromatic rings. The molecule has 0 aliphatic rings. The van der Waals surface area contributed by atoms with Crippen molar-refractivity contribution in [3.63, 3.8) is 0 Å². The minimum Gasteiger partial charge on any atom is -0.398 e. The van der Waals surface area contributed by atoms with E-state index in [-0.39, 0.29) is 27.4 Å². The molecule has 0 aromatic heterocycles. The van der Waals surface area contributed by atoms with Gasteiger partial charge in [-0.15, -0.1) is 0 Å². The molecule has 0 heterocycles. The molecule has 1 rings (SSSR count). The Kier molecular flexibility index (Phi) is 3.27. The van der Waals surface area contributed by atoms with Crippen LogP contribution >= 0.6 is 27.5 Å². The summed E-state index contributed by atoms with van der Waals surface area (Å²) in [6.07, 6.45) is 0. The average Bonchev–Trinajstić information content (AvgIpc) is 2.02. The minimum absolute atomic E-state index is 0.0435. The predicted octanol–water partition coefficient (Wildman–Crippen LogP) is 2.64. The topological polar surface area (TPSA) is 43.1 Å². The fraction of sp³-hybridized carbons (Fsp3) is 0.125. The number of nitrogen functional groups attached to an aromatic ring is 1. The first-order valence-electron chi connectivity index (χ1n) is 3.40. The van der Waals surface area contributed by atoms with E-state index in [1.807, 2.05) is 0 Å². The summed E-state index contributed by atoms with van der Waals surface area (Å²) in [4.78, 5) is 11.2. The van der Waals surface area contributed by atoms with Crippen LogP contribution in [-0.4, -0.2) is 11.1 Å². The lowest BCUT2D eigenvalue weighted by molar-refractivity contribution is 0.102. The highest BCUT2D eigenvalue weighted by molar-refractivity contribution is 9.09. The Bertz CT molecular complexity index is 333. The monoisotopic (exact) mass is 265 g/mol. The number of halogens is 3. The highest BCUT2D eigenvalue weighted by Crippen LogP contribution is 2.24. The number of alkyl halides is 1. The van der Waals surface area contributed by atoms with Crippen molar-refractivity contribution in [3.8, 4) is 0 Å². The summed E-state index contributed by atoms with van der Waals surface area (Å²) >= 11 is 8.63. The lowest BCUT2D eigenvalue weighted by atomic mass is 10.1. The van der Waals surface area contributed by atoms with E-state index in [2.05, 4.69) is 15.9 Å². The Labute approximate surface area is 88.0 Å². The lowest BCUT2D eigenvalue weighted by Crippen LogP contribution is -2.06. The lowest BCUT2D eigenvalue weighted by Gasteiger charge is -2.04. The Morgan fingerprint density at radius 1 is 1.62 bits per heavy atom. The Hall–Kier alpha value is -0.610. The normalized spacial score (nSPS) is 10.1. The first-order chi connectivity index (χ1) is 6.06. The third-order valence-electron chi connectivity index (χ3n) is 1.49. The second-order valence-electron chi connectivity index (χ2n) is 2.41. The number of hydrogen-bond donors (Lipinski definition) is 1. The number of benzene rings is 1. The SMILES string of the molecule is Nc1cc(F)cc(Cl)c1C(=O)CBr. The van der Waals surface area contributed by atoms with E-state index in [9.17, 15) is 9.18 Å². The summed E-state index contributed by atoms with van der Waals surface area (Å²) in [6, 6.07) is 2.13. The van der Waals surface area contributed by atoms with Crippen LogP contribution in [0.5, 0.6) is 0 Å². The third kappa shape index (κ3) is 2.19. The Morgan fingerprint density at radius 2 is 2.23 bits per heavy atom. The minimum atomic E-state index is -0.548. The third-order valence-corrected chi connectivity index (χ3v) is 2.29. The summed E-state index contributed by atoms with van der Waals surface area (Å²) in [7, 11) is 0. The fourth-order valence-electron chi connectivity index (χ4n) is 0.954. The van der Waals surface area contributed by atoms with Crippen LogP contribution in [0.4, 0.5) is 10.1 Å². The van der Waals surface area contributed by atoms with Gasteiger partial charge in [-0.3, -0.25) is 4.79 Å². The van der Waals surface area contributed by atoms with Crippen LogP contribution in [-0.2, 0) is 0 Å². The van der Waals surface area contributed by atoms with Crippen LogP contribution in [0.25, 0.3) is 0 Å². The standard InChI is InChI=1S/C8H6BrClFNO/c9-3-7(13)8-5(10)1-4(11)2-6(8)12/h1-2H,3,12H2. The first-order valence-corrected chi connectivity index (χ1v) is 4.90. The molecule has 0 aliphatic heterocycles. The first kappa shape index (κ1) is 10.5. The summed E-state index contributed by atoms with van der Waals surface area (Å²) in [5.41, 5.74) is 5.66. The molecule has 70 valence electrons. The van der Waals surface area contributed by atoms with E-state index in [1.54, 1.807) is 0 Å². The van der Waals surface area contributed by atoms with Crippen molar-refractivity contribution in [2.75, 3.05) is 11.1 Å². The van der Waals surface area contributed by atoms with Crippen LogP contribution in [0.2, 0.25) is 5.02 Å². The molecule has 0 radical (unpaired) electrons. The van der Waals surface area contributed by atoms with Gasteiger partial charge in [-0.05, 0) is 12.1 Å². The van der Waals surface area contributed by atoms with E-state index >= 15 is 0 Å². The van der Waals surface area contributed by atoms with Gasteiger partial charge in [0.25, 0.3) is 0 Å². The molecular formula is C8H6BrClFNO. The summed E-state index contributed by atoms with van der Waals surface area (Å²) in [6.45, 7) is 0. The summed E-state index contributed by atoms with van der Waals surface area (Å²) < 4.78 is 12.7. The molecule has 2 nitrogen and oxygen atoms in total. The number of hydrogen-bond acceptors (Lipinski definition) is 2. The number of rotatable bonds is 2. The molecule has 0 saturated carbocycles. The molecule has 1 aromatic carbocycles. The molecule has 13 heavy (non-hydrogen) atoms. The molecule has 0 aliphatic carbocycles. The van der Waals surface area contributed by atoms with Gasteiger partial charge in [0.2, 0.25) is 0 Å². The van der Waals surface area contributed by atoms with Crippen molar-refractivity contribution >= 4 is 39.0 Å². The van der Waals surface area contributed by atoms with E-state index in [1.165, 1.54) is 0 Å². The molecule has 0 spiro atoms. The van der Waals surface area contributed by atoms with E-state index < -0.39 is 5.82 Å². The van der Waals surface area contributed by atoms with Gasteiger partial charge in [0, 0.05) is 5.69 Å². The van der Waals surface area contributed by atoms with E-state index in [4.69, 9.17) is 17.3 Å². The number of Topliss-reactive ketones (excluding diaryl/α,β-unsaturated/α-hetero) is 1. The van der Waals surface area contributed by atoms with Crippen molar-refractivity contribution in [1.82, 2.24) is 0 Å². The number of carbonyl (C=O) groups is 1. The van der Waals surface area contributed by atoms with Gasteiger partial charge >= 0.3 is 0 Å². The van der Waals surface area contributed by atoms with Crippen molar-refractivity contribution < 1.29 is 9.18 Å². The molecule has 0 atom stereocenters. The Balaban J connectivity index is 3.28. The van der Waals surface area contributed by atoms with E-state index in [0.717, 1.165) is 12.1 Å². The Morgan fingerprint density at radius 3 is 2.69 bits per heavy atom.